The van der Waals surface area contributed by atoms with Gasteiger partial charge in [-0.05, 0) is 36.8 Å². The number of aromatic nitrogens is 2. The molecule has 0 aliphatic carbocycles. The third kappa shape index (κ3) is 5.45. The average molecular weight is 439 g/mol. The summed E-state index contributed by atoms with van der Waals surface area (Å²) >= 11 is 1.51. The highest BCUT2D eigenvalue weighted by Gasteiger charge is 2.24. The van der Waals surface area contributed by atoms with Gasteiger partial charge in [-0.3, -0.25) is 9.69 Å². The summed E-state index contributed by atoms with van der Waals surface area (Å²) in [6, 6.07) is 13.7. The molecule has 1 aliphatic rings. The molecule has 0 spiro atoms. The molecule has 1 aliphatic heterocycles. The molecule has 2 aromatic heterocycles. The third-order valence-corrected chi connectivity index (χ3v) is 6.30. The fraction of sp³-hybridized carbons (Fsp3) is 0.348. The molecule has 1 saturated heterocycles. The maximum Gasteiger partial charge on any atom is 0.256 e. The average Bonchev–Trinajstić information content (AvgIpc) is 3.23. The van der Waals surface area contributed by atoms with Gasteiger partial charge in [0.1, 0.15) is 16.5 Å². The number of thioether (sulfide) groups is 1. The largest absolute Gasteiger partial charge is 0.497 e. The van der Waals surface area contributed by atoms with Crippen LogP contribution in [0.4, 0.5) is 0 Å². The maximum absolute atomic E-state index is 13.2. The van der Waals surface area contributed by atoms with Crippen LogP contribution in [0.5, 0.6) is 5.75 Å². The molecule has 1 amide bonds. The van der Waals surface area contributed by atoms with Gasteiger partial charge in [0.25, 0.3) is 5.91 Å². The lowest BCUT2D eigenvalue weighted by molar-refractivity contribution is 0.0624. The van der Waals surface area contributed by atoms with Crippen molar-refractivity contribution in [3.05, 3.63) is 71.2 Å². The smallest absolute Gasteiger partial charge is 0.256 e. The topological polar surface area (TPSA) is 71.7 Å². The van der Waals surface area contributed by atoms with Crippen molar-refractivity contribution >= 4 is 17.7 Å². The summed E-state index contributed by atoms with van der Waals surface area (Å²) in [5, 5.41) is 4.75. The lowest BCUT2D eigenvalue weighted by Gasteiger charge is -2.35. The van der Waals surface area contributed by atoms with Crippen LogP contribution in [0.1, 0.15) is 27.4 Å². The fourth-order valence-corrected chi connectivity index (χ4v) is 4.43. The van der Waals surface area contributed by atoms with Gasteiger partial charge < -0.3 is 14.2 Å². The number of nitrogens with zero attached hydrogens (tertiary/aromatic N) is 4. The molecular formula is C23H26N4O3S. The zero-order chi connectivity index (χ0) is 21.6. The molecule has 8 heteroatoms. The molecule has 0 atom stereocenters. The molecule has 1 fully saturated rings. The number of methoxy groups -OCH3 is 1. The molecule has 0 bridgehead atoms. The molecule has 4 rings (SSSR count). The molecule has 0 radical (unpaired) electrons. The number of hydrogen-bond acceptors (Lipinski definition) is 7. The lowest BCUT2D eigenvalue weighted by atomic mass is 10.1. The first-order valence-corrected chi connectivity index (χ1v) is 11.3. The number of amides is 1. The minimum Gasteiger partial charge on any atom is -0.497 e. The van der Waals surface area contributed by atoms with E-state index in [1.54, 1.807) is 13.3 Å². The van der Waals surface area contributed by atoms with E-state index in [2.05, 4.69) is 27.2 Å². The van der Waals surface area contributed by atoms with E-state index >= 15 is 0 Å². The number of benzene rings is 1. The second kappa shape index (κ2) is 9.98. The SMILES string of the molecule is COc1ccc(CN2CCN(C(=O)c3cccnc3SCc3cc(C)on3)CC2)cc1. The predicted octanol–water partition coefficient (Wildman–Crippen LogP) is 3.64. The first-order chi connectivity index (χ1) is 15.1. The number of aryl methyl sites for hydroxylation is 1. The van der Waals surface area contributed by atoms with Gasteiger partial charge in [-0.2, -0.15) is 0 Å². The number of hydrogen-bond donors (Lipinski definition) is 0. The van der Waals surface area contributed by atoms with Crippen LogP contribution in [0.3, 0.4) is 0 Å². The highest BCUT2D eigenvalue weighted by atomic mass is 32.2. The van der Waals surface area contributed by atoms with Gasteiger partial charge in [-0.1, -0.05) is 29.1 Å². The van der Waals surface area contributed by atoms with E-state index in [9.17, 15) is 4.79 Å². The number of ether oxygens (including phenoxy) is 1. The Morgan fingerprint density at radius 2 is 1.94 bits per heavy atom. The molecule has 7 nitrogen and oxygen atoms in total. The number of carbonyl (C=O) groups is 1. The Labute approximate surface area is 186 Å². The summed E-state index contributed by atoms with van der Waals surface area (Å²) in [6.45, 7) is 5.84. The second-order valence-electron chi connectivity index (χ2n) is 7.49. The van der Waals surface area contributed by atoms with E-state index < -0.39 is 0 Å². The number of piperazine rings is 1. The van der Waals surface area contributed by atoms with Crippen LogP contribution in [0.25, 0.3) is 0 Å². The Hall–Kier alpha value is -2.84. The number of rotatable bonds is 7. The Kier molecular flexibility index (Phi) is 6.89. The zero-order valence-electron chi connectivity index (χ0n) is 17.8. The van der Waals surface area contributed by atoms with Gasteiger partial charge in [-0.25, -0.2) is 4.98 Å². The van der Waals surface area contributed by atoms with Gasteiger partial charge in [0.15, 0.2) is 0 Å². The predicted molar refractivity (Wildman–Crippen MR) is 119 cm³/mol. The van der Waals surface area contributed by atoms with E-state index in [-0.39, 0.29) is 5.91 Å². The summed E-state index contributed by atoms with van der Waals surface area (Å²) in [6.07, 6.45) is 1.72. The van der Waals surface area contributed by atoms with Crippen molar-refractivity contribution in [2.75, 3.05) is 33.3 Å². The first-order valence-electron chi connectivity index (χ1n) is 10.3. The van der Waals surface area contributed by atoms with Crippen molar-refractivity contribution in [1.29, 1.82) is 0 Å². The number of carbonyl (C=O) groups excluding carboxylic acids is 1. The van der Waals surface area contributed by atoms with E-state index in [1.807, 2.05) is 42.2 Å². The Bertz CT molecular complexity index is 1010. The third-order valence-electron chi connectivity index (χ3n) is 5.26. The van der Waals surface area contributed by atoms with Gasteiger partial charge in [0.05, 0.1) is 18.4 Å². The van der Waals surface area contributed by atoms with Crippen molar-refractivity contribution in [3.63, 3.8) is 0 Å². The summed E-state index contributed by atoms with van der Waals surface area (Å²) in [5.41, 5.74) is 2.74. The number of pyridine rings is 1. The van der Waals surface area contributed by atoms with Crippen molar-refractivity contribution in [1.82, 2.24) is 19.9 Å². The minimum absolute atomic E-state index is 0.0380. The van der Waals surface area contributed by atoms with Gasteiger partial charge >= 0.3 is 0 Å². The monoisotopic (exact) mass is 438 g/mol. The molecular weight excluding hydrogens is 412 g/mol. The molecule has 0 N–H and O–H groups in total. The van der Waals surface area contributed by atoms with Crippen LogP contribution in [0.15, 0.2) is 58.2 Å². The van der Waals surface area contributed by atoms with Crippen LogP contribution in [-0.4, -0.2) is 59.1 Å². The lowest BCUT2D eigenvalue weighted by Crippen LogP contribution is -2.48. The molecule has 162 valence electrons. The van der Waals surface area contributed by atoms with Crippen LogP contribution < -0.4 is 4.74 Å². The summed E-state index contributed by atoms with van der Waals surface area (Å²) in [5.74, 6) is 2.30. The van der Waals surface area contributed by atoms with Crippen molar-refractivity contribution in [3.8, 4) is 5.75 Å². The zero-order valence-corrected chi connectivity index (χ0v) is 18.6. The van der Waals surface area contributed by atoms with E-state index in [0.717, 1.165) is 41.9 Å². The van der Waals surface area contributed by atoms with Crippen LogP contribution in [-0.2, 0) is 12.3 Å². The van der Waals surface area contributed by atoms with E-state index in [4.69, 9.17) is 9.26 Å². The fourth-order valence-electron chi connectivity index (χ4n) is 3.57. The molecule has 31 heavy (non-hydrogen) atoms. The second-order valence-corrected chi connectivity index (χ2v) is 8.45. The van der Waals surface area contributed by atoms with Crippen LogP contribution >= 0.6 is 11.8 Å². The molecule has 1 aromatic carbocycles. The first kappa shape index (κ1) is 21.4. The maximum atomic E-state index is 13.2. The highest BCUT2D eigenvalue weighted by Crippen LogP contribution is 2.25. The summed E-state index contributed by atoms with van der Waals surface area (Å²) < 4.78 is 10.3. The van der Waals surface area contributed by atoms with Gasteiger partial charge in [0, 0.05) is 50.7 Å². The molecule has 0 saturated carbocycles. The van der Waals surface area contributed by atoms with Crippen LogP contribution in [0.2, 0.25) is 0 Å². The summed E-state index contributed by atoms with van der Waals surface area (Å²) in [4.78, 5) is 21.9. The van der Waals surface area contributed by atoms with Crippen molar-refractivity contribution in [2.45, 2.75) is 24.2 Å². The van der Waals surface area contributed by atoms with Gasteiger partial charge in [0.2, 0.25) is 0 Å². The van der Waals surface area contributed by atoms with E-state index in [0.29, 0.717) is 24.4 Å². The summed E-state index contributed by atoms with van der Waals surface area (Å²) in [7, 11) is 1.67. The quantitative estimate of drug-likeness (QED) is 0.522. The highest BCUT2D eigenvalue weighted by molar-refractivity contribution is 7.98. The Morgan fingerprint density at radius 3 is 2.61 bits per heavy atom. The standard InChI is InChI=1S/C23H26N4O3S/c1-17-14-19(25-30-17)16-31-22-21(4-3-9-24-22)23(28)27-12-10-26(11-13-27)15-18-5-7-20(29-2)8-6-18/h3-9,14H,10-13,15-16H2,1-2H3. The van der Waals surface area contributed by atoms with Crippen LogP contribution in [0, 0.1) is 6.92 Å². The Balaban J connectivity index is 1.34. The molecule has 3 heterocycles. The van der Waals surface area contributed by atoms with E-state index in [1.165, 1.54) is 17.3 Å². The van der Waals surface area contributed by atoms with Crippen molar-refractivity contribution < 1.29 is 14.1 Å². The normalized spacial score (nSPS) is 14.6. The van der Waals surface area contributed by atoms with Gasteiger partial charge in [-0.15, -0.1) is 0 Å². The Morgan fingerprint density at radius 1 is 1.16 bits per heavy atom. The molecule has 3 aromatic rings. The minimum atomic E-state index is 0.0380. The van der Waals surface area contributed by atoms with Crippen molar-refractivity contribution in [2.24, 2.45) is 0 Å². The molecule has 0 unspecified atom stereocenters.